The van der Waals surface area contributed by atoms with Crippen molar-refractivity contribution >= 4 is 23.9 Å². The van der Waals surface area contributed by atoms with Gasteiger partial charge in [0.15, 0.2) is 0 Å². The van der Waals surface area contributed by atoms with Crippen LogP contribution in [0, 0.1) is 82.5 Å². The molecule has 0 radical (unpaired) electrons. The van der Waals surface area contributed by atoms with Crippen LogP contribution in [0.25, 0.3) is 0 Å². The molecule has 0 saturated carbocycles. The lowest BCUT2D eigenvalue weighted by atomic mass is 9.71. The summed E-state index contributed by atoms with van der Waals surface area (Å²) >= 11 is 0. The molecular weight excluding hydrogens is 1160 g/mol. The smallest absolute Gasteiger partial charge is 0.432 e. The molecule has 4 aromatic carbocycles. The monoisotopic (exact) mass is 1290 g/mol. The molecule has 0 bridgehead atoms. The van der Waals surface area contributed by atoms with Crippen molar-refractivity contribution in [2.45, 2.75) is 312 Å². The lowest BCUT2D eigenvalue weighted by Crippen LogP contribution is -2.57. The van der Waals surface area contributed by atoms with E-state index < -0.39 is 41.9 Å². The average molecular weight is 1290 g/mol. The van der Waals surface area contributed by atoms with Gasteiger partial charge in [-0.1, -0.05) is 163 Å². The molecule has 0 spiro atoms. The lowest BCUT2D eigenvalue weighted by molar-refractivity contribution is -0.377. The minimum Gasteiger partial charge on any atom is -0.507 e. The molecule has 0 aromatic heterocycles. The maximum absolute atomic E-state index is 14.9. The van der Waals surface area contributed by atoms with Gasteiger partial charge in [-0.15, -0.1) is 0 Å². The molecule has 0 aliphatic rings. The number of aryl methyl sites for hydroxylation is 4. The van der Waals surface area contributed by atoms with E-state index in [0.717, 1.165) is 92.4 Å². The molecule has 0 heterocycles. The molecule has 93 heavy (non-hydrogen) atoms. The summed E-state index contributed by atoms with van der Waals surface area (Å²) in [6, 6.07) is 7.93. The Morgan fingerprint density at radius 2 is 0.516 bits per heavy atom. The number of carbonyl (C=O) groups excluding carboxylic acids is 4. The number of hydrogen-bond acceptors (Lipinski definition) is 12. The van der Waals surface area contributed by atoms with Crippen LogP contribution in [-0.2, 0) is 85.5 Å². The largest absolute Gasteiger partial charge is 0.507 e. The predicted octanol–water partition coefficient (Wildman–Crippen LogP) is 19.5. The summed E-state index contributed by atoms with van der Waals surface area (Å²) in [6.07, 6.45) is 2.70. The molecule has 0 aliphatic carbocycles. The van der Waals surface area contributed by atoms with Crippen LogP contribution in [0.1, 0.15) is 293 Å². The third-order valence-electron chi connectivity index (χ3n) is 18.9. The summed E-state index contributed by atoms with van der Waals surface area (Å²) in [7, 11) is 0. The number of rotatable bonds is 26. The summed E-state index contributed by atoms with van der Waals surface area (Å²) in [5.74, 6) is -5.59. The first-order chi connectivity index (χ1) is 41.9. The van der Waals surface area contributed by atoms with Gasteiger partial charge in [0.05, 0.1) is 0 Å². The standard InChI is InChI=1S/C81H124O12/c1-48-39-60(76(21,22)43-72(9,10)11)68(86)52(5)56(48)31-35-64(82)90-47-80(29,30)81(91-65(83)36-32-57-49(2)40-61(69(87)53(57)6)77(23,24)44-73(12,13)14,92-66(84)37-33-58-50(3)41-62(70(88)54(58)7)78(25,26)45-74(15,16)17)93-67(85)38-34-59-51(4)42-63(71(89)55(59)8)79(27,28)46-75(18,19)20/h39-42,86-89H,31-38,43-47H2,1-30H3. The summed E-state index contributed by atoms with van der Waals surface area (Å²) in [5, 5.41) is 47.2. The van der Waals surface area contributed by atoms with Crippen molar-refractivity contribution in [2.75, 3.05) is 6.61 Å². The van der Waals surface area contributed by atoms with E-state index in [1.165, 1.54) is 13.8 Å². The summed E-state index contributed by atoms with van der Waals surface area (Å²) in [5.41, 5.74) is 8.80. The Morgan fingerprint density at radius 1 is 0.323 bits per heavy atom. The Hall–Kier alpha value is -6.04. The molecule has 0 unspecified atom stereocenters. The van der Waals surface area contributed by atoms with Gasteiger partial charge in [0, 0.05) is 47.9 Å². The maximum Gasteiger partial charge on any atom is 0.432 e. The maximum atomic E-state index is 14.9. The van der Waals surface area contributed by atoms with Crippen molar-refractivity contribution in [2.24, 2.45) is 27.1 Å². The van der Waals surface area contributed by atoms with Crippen molar-refractivity contribution in [1.29, 1.82) is 0 Å². The van der Waals surface area contributed by atoms with Crippen LogP contribution in [0.3, 0.4) is 0 Å². The van der Waals surface area contributed by atoms with Crippen molar-refractivity contribution in [3.05, 3.63) is 113 Å². The second-order valence-corrected chi connectivity index (χ2v) is 35.8. The van der Waals surface area contributed by atoms with E-state index in [1.807, 2.05) is 79.7 Å². The van der Waals surface area contributed by atoms with Crippen molar-refractivity contribution < 1.29 is 58.6 Å². The first kappa shape index (κ1) is 79.4. The Labute approximate surface area is 562 Å². The molecule has 0 amide bonds. The topological polar surface area (TPSA) is 186 Å². The molecule has 12 heteroatoms. The van der Waals surface area contributed by atoms with E-state index in [0.29, 0.717) is 22.3 Å². The summed E-state index contributed by atoms with van der Waals surface area (Å²) in [4.78, 5) is 59.0. The molecule has 0 atom stereocenters. The van der Waals surface area contributed by atoms with Crippen LogP contribution in [0.5, 0.6) is 23.0 Å². The third-order valence-corrected chi connectivity index (χ3v) is 18.9. The fourth-order valence-electron chi connectivity index (χ4n) is 15.7. The number of phenolic OH excluding ortho intramolecular Hbond substituents is 4. The van der Waals surface area contributed by atoms with E-state index in [1.54, 1.807) is 0 Å². The minimum absolute atomic E-state index is 0.000790. The van der Waals surface area contributed by atoms with Crippen LogP contribution >= 0.6 is 0 Å². The highest BCUT2D eigenvalue weighted by Gasteiger charge is 2.58. The van der Waals surface area contributed by atoms with Gasteiger partial charge >= 0.3 is 29.9 Å². The highest BCUT2D eigenvalue weighted by Crippen LogP contribution is 2.48. The zero-order chi connectivity index (χ0) is 71.7. The van der Waals surface area contributed by atoms with Gasteiger partial charge in [0.25, 0.3) is 0 Å². The highest BCUT2D eigenvalue weighted by atomic mass is 16.9. The molecule has 4 aromatic rings. The van der Waals surface area contributed by atoms with E-state index in [-0.39, 0.29) is 118 Å². The van der Waals surface area contributed by atoms with Gasteiger partial charge < -0.3 is 39.4 Å². The first-order valence-electron chi connectivity index (χ1n) is 34.0. The number of phenols is 4. The molecule has 12 nitrogen and oxygen atoms in total. The SMILES string of the molecule is Cc1cc(C(C)(C)CC(C)(C)C)c(O)c(C)c1CCC(=O)OCC(C)(C)C(OC(=O)CCc1c(C)cc(C(C)(C)CC(C)(C)C)c(O)c1C)(OC(=O)CCc1c(C)cc(C(C)(C)CC(C)(C)C)c(O)c1C)OC(=O)CCc1c(C)cc(C(C)(C)CC(C)(C)C)c(O)c1C. The molecule has 0 saturated heterocycles. The zero-order valence-corrected chi connectivity index (χ0v) is 63.6. The number of carbonyl (C=O) groups is 4. The summed E-state index contributed by atoms with van der Waals surface area (Å²) < 4.78 is 25.4. The number of ether oxygens (including phenoxy) is 4. The molecule has 520 valence electrons. The third kappa shape index (κ3) is 20.5. The minimum atomic E-state index is -2.85. The summed E-state index contributed by atoms with van der Waals surface area (Å²) in [6.45, 7) is 60.6. The van der Waals surface area contributed by atoms with E-state index in [2.05, 4.69) is 138 Å². The van der Waals surface area contributed by atoms with Gasteiger partial charge in [-0.3, -0.25) is 19.2 Å². The van der Waals surface area contributed by atoms with Gasteiger partial charge in [-0.2, -0.15) is 0 Å². The van der Waals surface area contributed by atoms with Gasteiger partial charge in [0.1, 0.15) is 35.0 Å². The van der Waals surface area contributed by atoms with Crippen molar-refractivity contribution in [3.63, 3.8) is 0 Å². The molecule has 0 fully saturated rings. The number of aromatic hydroxyl groups is 4. The number of benzene rings is 4. The zero-order valence-electron chi connectivity index (χ0n) is 63.6. The molecule has 4 rings (SSSR count). The molecule has 0 aliphatic heterocycles. The van der Waals surface area contributed by atoms with E-state index >= 15 is 0 Å². The predicted molar refractivity (Wildman–Crippen MR) is 378 cm³/mol. The lowest BCUT2D eigenvalue weighted by Gasteiger charge is -2.41. The second kappa shape index (κ2) is 28.7. The van der Waals surface area contributed by atoms with E-state index in [4.69, 9.17) is 18.9 Å². The quantitative estimate of drug-likeness (QED) is 0.0345. The normalized spacial score (nSPS) is 13.3. The Kier molecular flexibility index (Phi) is 24.5. The fourth-order valence-corrected chi connectivity index (χ4v) is 15.7. The van der Waals surface area contributed by atoms with Gasteiger partial charge in [0.2, 0.25) is 0 Å². The van der Waals surface area contributed by atoms with E-state index in [9.17, 15) is 39.6 Å². The van der Waals surface area contributed by atoms with Crippen LogP contribution < -0.4 is 0 Å². The molecule has 4 N–H and O–H groups in total. The van der Waals surface area contributed by atoms with Crippen molar-refractivity contribution in [3.8, 4) is 23.0 Å². The second-order valence-electron chi connectivity index (χ2n) is 35.8. The Bertz CT molecular complexity index is 3130. The molecular formula is C81H124O12. The Balaban J connectivity index is 1.88. The Morgan fingerprint density at radius 3 is 0.710 bits per heavy atom. The van der Waals surface area contributed by atoms with Crippen LogP contribution in [-0.4, -0.2) is 56.9 Å². The number of esters is 4. The first-order valence-corrected chi connectivity index (χ1v) is 34.0. The highest BCUT2D eigenvalue weighted by molar-refractivity contribution is 5.76. The van der Waals surface area contributed by atoms with Crippen molar-refractivity contribution in [1.82, 2.24) is 0 Å². The number of hydrogen-bond donors (Lipinski definition) is 4. The van der Waals surface area contributed by atoms with Crippen LogP contribution in [0.15, 0.2) is 24.3 Å². The van der Waals surface area contributed by atoms with Crippen LogP contribution in [0.4, 0.5) is 0 Å². The van der Waals surface area contributed by atoms with Gasteiger partial charge in [-0.05, 0) is 231 Å². The van der Waals surface area contributed by atoms with Gasteiger partial charge in [-0.25, -0.2) is 0 Å². The van der Waals surface area contributed by atoms with Crippen LogP contribution in [0.2, 0.25) is 0 Å². The fraction of sp³-hybridized carbons (Fsp3) is 0.654. The average Bonchev–Trinajstić information content (AvgIpc) is 0.806.